The number of hydrogen-bond acceptors (Lipinski definition) is 6. The van der Waals surface area contributed by atoms with Crippen LogP contribution >= 0.6 is 27.7 Å². The monoisotopic (exact) mass is 584 g/mol. The van der Waals surface area contributed by atoms with Gasteiger partial charge in [-0.05, 0) is 79.4 Å². The summed E-state index contributed by atoms with van der Waals surface area (Å²) < 4.78 is 13.1. The lowest BCUT2D eigenvalue weighted by molar-refractivity contribution is -0.135. The molecule has 0 aromatic heterocycles. The number of rotatable bonds is 10. The molecular formula is C28H29BrN2O5S. The summed E-state index contributed by atoms with van der Waals surface area (Å²) >= 11 is 4.29. The van der Waals surface area contributed by atoms with E-state index in [0.717, 1.165) is 45.1 Å². The topological polar surface area (TPSA) is 76.2 Å². The first-order valence-electron chi connectivity index (χ1n) is 12.2. The Bertz CT molecular complexity index is 1220. The van der Waals surface area contributed by atoms with Crippen molar-refractivity contribution >= 4 is 50.8 Å². The van der Waals surface area contributed by atoms with Gasteiger partial charge in [0.2, 0.25) is 5.91 Å². The molecule has 37 heavy (non-hydrogen) atoms. The zero-order valence-electron chi connectivity index (χ0n) is 20.7. The van der Waals surface area contributed by atoms with E-state index >= 15 is 0 Å². The minimum atomic E-state index is -0.457. The SMILES string of the molecule is C=CCc1cc(/C=C2\SC(=O)N(CC(=O)N3CCCC3)C2=O)cc(OCC)c1OCc1ccc(Br)cc1. The van der Waals surface area contributed by atoms with E-state index in [1.165, 1.54) is 0 Å². The predicted molar refractivity (Wildman–Crippen MR) is 148 cm³/mol. The van der Waals surface area contributed by atoms with Crippen LogP contribution in [0.15, 0.2) is 58.4 Å². The lowest BCUT2D eigenvalue weighted by Gasteiger charge is -2.18. The number of amides is 3. The molecule has 4 rings (SSSR count). The molecule has 2 saturated heterocycles. The molecule has 2 aliphatic rings. The standard InChI is InChI=1S/C28H29BrN2O5S/c1-3-7-21-14-20(15-23(35-4-2)26(21)36-18-19-8-10-22(29)11-9-19)16-24-27(33)31(28(34)37-24)17-25(32)30-12-5-6-13-30/h3,8-11,14-16H,1,4-7,12-13,17-18H2,2H3/b24-16-. The highest BCUT2D eigenvalue weighted by molar-refractivity contribution is 9.10. The van der Waals surface area contributed by atoms with E-state index in [0.29, 0.717) is 49.8 Å². The Kier molecular flexibility index (Phi) is 9.10. The van der Waals surface area contributed by atoms with Crippen molar-refractivity contribution in [2.75, 3.05) is 26.2 Å². The molecule has 0 bridgehead atoms. The van der Waals surface area contributed by atoms with Crippen LogP contribution in [0.4, 0.5) is 4.79 Å². The molecule has 2 aromatic carbocycles. The molecule has 2 fully saturated rings. The van der Waals surface area contributed by atoms with E-state index in [1.54, 1.807) is 23.1 Å². The first kappa shape index (κ1) is 27.0. The lowest BCUT2D eigenvalue weighted by atomic mass is 10.0. The van der Waals surface area contributed by atoms with Gasteiger partial charge in [0.05, 0.1) is 11.5 Å². The Morgan fingerprint density at radius 1 is 1.14 bits per heavy atom. The van der Waals surface area contributed by atoms with E-state index in [4.69, 9.17) is 9.47 Å². The van der Waals surface area contributed by atoms with E-state index in [9.17, 15) is 14.4 Å². The molecule has 3 amide bonds. The summed E-state index contributed by atoms with van der Waals surface area (Å²) in [6.45, 7) is 7.67. The van der Waals surface area contributed by atoms with Gasteiger partial charge in [0.25, 0.3) is 11.1 Å². The van der Waals surface area contributed by atoms with Gasteiger partial charge in [0.1, 0.15) is 13.2 Å². The molecule has 7 nitrogen and oxygen atoms in total. The van der Waals surface area contributed by atoms with Gasteiger partial charge in [-0.1, -0.05) is 34.1 Å². The van der Waals surface area contributed by atoms with Crippen molar-refractivity contribution in [3.05, 3.63) is 75.1 Å². The molecule has 0 radical (unpaired) electrons. The average molecular weight is 586 g/mol. The zero-order chi connectivity index (χ0) is 26.4. The quantitative estimate of drug-likeness (QED) is 0.259. The number of hydrogen-bond donors (Lipinski definition) is 0. The van der Waals surface area contributed by atoms with Gasteiger partial charge in [0.15, 0.2) is 11.5 Å². The van der Waals surface area contributed by atoms with Crippen molar-refractivity contribution < 1.29 is 23.9 Å². The summed E-state index contributed by atoms with van der Waals surface area (Å²) in [7, 11) is 0. The molecule has 2 aromatic rings. The second kappa shape index (κ2) is 12.5. The first-order chi connectivity index (χ1) is 17.9. The number of halogens is 1. The van der Waals surface area contributed by atoms with Crippen LogP contribution in [0.2, 0.25) is 0 Å². The summed E-state index contributed by atoms with van der Waals surface area (Å²) in [4.78, 5) is 41.1. The molecule has 0 aliphatic carbocycles. The summed E-state index contributed by atoms with van der Waals surface area (Å²) in [6, 6.07) is 11.6. The fourth-order valence-electron chi connectivity index (χ4n) is 4.23. The molecule has 0 saturated carbocycles. The first-order valence-corrected chi connectivity index (χ1v) is 13.8. The van der Waals surface area contributed by atoms with Gasteiger partial charge in [0, 0.05) is 23.1 Å². The third-order valence-corrected chi connectivity index (χ3v) is 7.47. The van der Waals surface area contributed by atoms with Gasteiger partial charge in [-0.2, -0.15) is 0 Å². The fraction of sp³-hybridized carbons (Fsp3) is 0.321. The number of ether oxygens (including phenoxy) is 2. The van der Waals surface area contributed by atoms with Crippen molar-refractivity contribution in [3.8, 4) is 11.5 Å². The highest BCUT2D eigenvalue weighted by Crippen LogP contribution is 2.38. The normalized spacial score (nSPS) is 16.5. The minimum absolute atomic E-state index is 0.194. The van der Waals surface area contributed by atoms with E-state index < -0.39 is 11.1 Å². The Morgan fingerprint density at radius 2 is 1.86 bits per heavy atom. The molecule has 0 N–H and O–H groups in total. The number of carbonyl (C=O) groups is 3. The maximum atomic E-state index is 13.0. The second-order valence-electron chi connectivity index (χ2n) is 8.70. The Hall–Kier alpha value is -3.04. The molecule has 0 atom stereocenters. The fourth-order valence-corrected chi connectivity index (χ4v) is 5.33. The molecule has 0 spiro atoms. The number of thioether (sulfide) groups is 1. The van der Waals surface area contributed by atoms with E-state index in [1.807, 2.05) is 37.3 Å². The number of carbonyl (C=O) groups excluding carboxylic acids is 3. The third-order valence-electron chi connectivity index (χ3n) is 6.04. The molecule has 2 heterocycles. The van der Waals surface area contributed by atoms with Crippen LogP contribution in [0.3, 0.4) is 0 Å². The van der Waals surface area contributed by atoms with E-state index in [-0.39, 0.29) is 17.4 Å². The third kappa shape index (κ3) is 6.64. The number of benzene rings is 2. The van der Waals surface area contributed by atoms with Crippen molar-refractivity contribution in [1.29, 1.82) is 0 Å². The summed E-state index contributed by atoms with van der Waals surface area (Å²) in [5.41, 5.74) is 2.57. The van der Waals surface area contributed by atoms with Gasteiger partial charge in [-0.25, -0.2) is 0 Å². The minimum Gasteiger partial charge on any atom is -0.490 e. The van der Waals surface area contributed by atoms with Gasteiger partial charge >= 0.3 is 0 Å². The van der Waals surface area contributed by atoms with Crippen molar-refractivity contribution in [3.63, 3.8) is 0 Å². The molecule has 0 unspecified atom stereocenters. The average Bonchev–Trinajstić information content (AvgIpc) is 3.50. The van der Waals surface area contributed by atoms with Crippen LogP contribution < -0.4 is 9.47 Å². The maximum Gasteiger partial charge on any atom is 0.294 e. The van der Waals surface area contributed by atoms with Gasteiger partial charge in [-0.15, -0.1) is 6.58 Å². The van der Waals surface area contributed by atoms with Gasteiger partial charge < -0.3 is 14.4 Å². The maximum absolute atomic E-state index is 13.0. The van der Waals surface area contributed by atoms with Crippen LogP contribution in [0, 0.1) is 0 Å². The van der Waals surface area contributed by atoms with Gasteiger partial charge in [-0.3, -0.25) is 19.3 Å². The molecule has 9 heteroatoms. The van der Waals surface area contributed by atoms with Crippen LogP contribution in [0.5, 0.6) is 11.5 Å². The lowest BCUT2D eigenvalue weighted by Crippen LogP contribution is -2.40. The van der Waals surface area contributed by atoms with Crippen LogP contribution in [0.1, 0.15) is 36.5 Å². The molecule has 194 valence electrons. The van der Waals surface area contributed by atoms with Crippen molar-refractivity contribution in [1.82, 2.24) is 9.80 Å². The van der Waals surface area contributed by atoms with Crippen molar-refractivity contribution in [2.45, 2.75) is 32.8 Å². The van der Waals surface area contributed by atoms with Crippen LogP contribution in [-0.4, -0.2) is 53.1 Å². The summed E-state index contributed by atoms with van der Waals surface area (Å²) in [5.74, 6) is 0.515. The number of likely N-dealkylation sites (tertiary alicyclic amines) is 1. The Balaban J connectivity index is 1.57. The molecular weight excluding hydrogens is 556 g/mol. The largest absolute Gasteiger partial charge is 0.490 e. The smallest absolute Gasteiger partial charge is 0.294 e. The number of allylic oxidation sites excluding steroid dienone is 1. The predicted octanol–water partition coefficient (Wildman–Crippen LogP) is 5.81. The number of nitrogens with zero attached hydrogens (tertiary/aromatic N) is 2. The Labute approximate surface area is 229 Å². The highest BCUT2D eigenvalue weighted by Gasteiger charge is 2.37. The van der Waals surface area contributed by atoms with Crippen LogP contribution in [-0.2, 0) is 22.6 Å². The zero-order valence-corrected chi connectivity index (χ0v) is 23.1. The Morgan fingerprint density at radius 3 is 2.54 bits per heavy atom. The number of imide groups is 1. The second-order valence-corrected chi connectivity index (χ2v) is 10.6. The van der Waals surface area contributed by atoms with E-state index in [2.05, 4.69) is 22.5 Å². The molecule has 2 aliphatic heterocycles. The van der Waals surface area contributed by atoms with Crippen molar-refractivity contribution in [2.24, 2.45) is 0 Å². The summed E-state index contributed by atoms with van der Waals surface area (Å²) in [6.07, 6.45) is 5.87. The van der Waals surface area contributed by atoms with Crippen LogP contribution in [0.25, 0.3) is 6.08 Å². The highest BCUT2D eigenvalue weighted by atomic mass is 79.9. The summed E-state index contributed by atoms with van der Waals surface area (Å²) in [5, 5.41) is -0.436.